The summed E-state index contributed by atoms with van der Waals surface area (Å²) in [7, 11) is -4.47. The van der Waals surface area contributed by atoms with E-state index in [4.69, 9.17) is 14.3 Å². The van der Waals surface area contributed by atoms with Crippen molar-refractivity contribution in [2.45, 2.75) is 51.0 Å². The maximum Gasteiger partial charge on any atom is 0.470 e. The molecular weight excluding hydrogens is 287 g/mol. The number of benzene rings is 1. The van der Waals surface area contributed by atoms with E-state index in [1.54, 1.807) is 0 Å². The van der Waals surface area contributed by atoms with Gasteiger partial charge < -0.3 is 9.79 Å². The Labute approximate surface area is 127 Å². The van der Waals surface area contributed by atoms with E-state index in [-0.39, 0.29) is 0 Å². The van der Waals surface area contributed by atoms with Gasteiger partial charge >= 0.3 is 7.82 Å². The van der Waals surface area contributed by atoms with Crippen molar-refractivity contribution in [3.8, 4) is 0 Å². The first kappa shape index (κ1) is 18.1. The third-order valence-electron chi connectivity index (χ3n) is 3.31. The Morgan fingerprint density at radius 2 is 1.71 bits per heavy atom. The molecule has 0 saturated heterocycles. The van der Waals surface area contributed by atoms with Gasteiger partial charge in [-0.05, 0) is 24.8 Å². The zero-order valence-electron chi connectivity index (χ0n) is 12.4. The monoisotopic (exact) mass is 312 g/mol. The Hall–Kier alpha value is -0.930. The second kappa shape index (κ2) is 9.91. The van der Waals surface area contributed by atoms with Crippen LogP contribution < -0.4 is 0 Å². The quantitative estimate of drug-likeness (QED) is 0.351. The van der Waals surface area contributed by atoms with Gasteiger partial charge in [-0.25, -0.2) is 4.57 Å². The first-order chi connectivity index (χ1) is 10.0. The summed E-state index contributed by atoms with van der Waals surface area (Å²) in [6, 6.07) is 9.24. The third-order valence-corrected chi connectivity index (χ3v) is 3.84. The number of rotatable bonds is 11. The largest absolute Gasteiger partial charge is 0.470 e. The molecule has 0 fully saturated rings. The smallest absolute Gasteiger partial charge is 0.303 e. The second-order valence-electron chi connectivity index (χ2n) is 5.13. The van der Waals surface area contributed by atoms with Crippen molar-refractivity contribution < 1.29 is 18.9 Å². The van der Waals surface area contributed by atoms with Crippen LogP contribution in [0.4, 0.5) is 0 Å². The highest BCUT2D eigenvalue weighted by molar-refractivity contribution is 7.46. The molecule has 0 saturated carbocycles. The zero-order valence-corrected chi connectivity index (χ0v) is 13.3. The van der Waals surface area contributed by atoms with Gasteiger partial charge in [-0.3, -0.25) is 4.52 Å². The molecule has 21 heavy (non-hydrogen) atoms. The zero-order chi connectivity index (χ0) is 15.6. The van der Waals surface area contributed by atoms with E-state index >= 15 is 0 Å². The molecule has 0 aliphatic carbocycles. The van der Waals surface area contributed by atoms with Gasteiger partial charge in [0.25, 0.3) is 0 Å². The van der Waals surface area contributed by atoms with E-state index in [0.717, 1.165) is 37.7 Å². The molecule has 0 amide bonds. The highest BCUT2D eigenvalue weighted by atomic mass is 31.2. The molecule has 0 heterocycles. The minimum Gasteiger partial charge on any atom is -0.303 e. The van der Waals surface area contributed by atoms with E-state index in [2.05, 4.69) is 6.58 Å². The van der Waals surface area contributed by atoms with Gasteiger partial charge in [0, 0.05) is 0 Å². The summed E-state index contributed by atoms with van der Waals surface area (Å²) in [6.45, 7) is 3.70. The van der Waals surface area contributed by atoms with Gasteiger partial charge in [0.2, 0.25) is 0 Å². The van der Waals surface area contributed by atoms with Crippen molar-refractivity contribution in [1.29, 1.82) is 0 Å². The summed E-state index contributed by atoms with van der Waals surface area (Å²) in [5, 5.41) is 0. The average Bonchev–Trinajstić information content (AvgIpc) is 2.45. The van der Waals surface area contributed by atoms with Crippen LogP contribution in [0, 0.1) is 0 Å². The molecule has 1 atom stereocenters. The Bertz CT molecular complexity index is 441. The van der Waals surface area contributed by atoms with Crippen molar-refractivity contribution in [2.24, 2.45) is 0 Å². The van der Waals surface area contributed by atoms with Crippen LogP contribution in [0.25, 0.3) is 0 Å². The second-order valence-corrected chi connectivity index (χ2v) is 6.32. The first-order valence-electron chi connectivity index (χ1n) is 7.42. The lowest BCUT2D eigenvalue weighted by Crippen LogP contribution is -2.03. The van der Waals surface area contributed by atoms with Crippen LogP contribution in [-0.2, 0) is 9.09 Å². The van der Waals surface area contributed by atoms with Crippen LogP contribution in [-0.4, -0.2) is 9.79 Å². The number of unbranched alkanes of at least 4 members (excludes halogenated alkanes) is 5. The molecule has 1 aromatic carbocycles. The van der Waals surface area contributed by atoms with Gasteiger partial charge in [0.1, 0.15) is 0 Å². The van der Waals surface area contributed by atoms with Gasteiger partial charge in [-0.2, -0.15) is 0 Å². The lowest BCUT2D eigenvalue weighted by atomic mass is 10.0. The highest BCUT2D eigenvalue weighted by Crippen LogP contribution is 2.44. The van der Waals surface area contributed by atoms with Crippen LogP contribution in [0.15, 0.2) is 43.0 Å². The summed E-state index contributed by atoms with van der Waals surface area (Å²) >= 11 is 0. The molecule has 118 valence electrons. The molecule has 0 spiro atoms. The van der Waals surface area contributed by atoms with E-state index in [0.29, 0.717) is 6.42 Å². The molecule has 2 N–H and O–H groups in total. The topological polar surface area (TPSA) is 66.8 Å². The number of allylic oxidation sites excluding steroid dienone is 1. The van der Waals surface area contributed by atoms with E-state index in [9.17, 15) is 4.57 Å². The van der Waals surface area contributed by atoms with Gasteiger partial charge in [0.15, 0.2) is 0 Å². The molecule has 1 rings (SSSR count). The van der Waals surface area contributed by atoms with E-state index in [1.807, 2.05) is 36.4 Å². The Morgan fingerprint density at radius 1 is 1.10 bits per heavy atom. The first-order valence-corrected chi connectivity index (χ1v) is 8.96. The standard InChI is InChI=1S/C16H25O4P/c1-2-3-4-5-6-7-11-14-16(20-21(17,18)19)15-12-9-8-10-13-15/h2,8-10,12-13,16H,1,3-7,11,14H2,(H2,17,18,19). The molecule has 1 unspecified atom stereocenters. The molecule has 0 bridgehead atoms. The SMILES string of the molecule is C=CCCCCCCCC(OP(=O)(O)O)c1ccccc1. The van der Waals surface area contributed by atoms with Gasteiger partial charge in [-0.1, -0.05) is 62.1 Å². The van der Waals surface area contributed by atoms with Crippen LogP contribution in [0.2, 0.25) is 0 Å². The fourth-order valence-electron chi connectivity index (χ4n) is 2.26. The molecule has 0 aliphatic heterocycles. The van der Waals surface area contributed by atoms with Gasteiger partial charge in [-0.15, -0.1) is 6.58 Å². The molecule has 1 aromatic rings. The van der Waals surface area contributed by atoms with Crippen molar-refractivity contribution >= 4 is 7.82 Å². The molecule has 0 aromatic heterocycles. The van der Waals surface area contributed by atoms with Crippen molar-refractivity contribution in [3.63, 3.8) is 0 Å². The predicted molar refractivity (Wildman–Crippen MR) is 84.8 cm³/mol. The number of hydrogen-bond donors (Lipinski definition) is 2. The maximum atomic E-state index is 11.1. The van der Waals surface area contributed by atoms with Crippen LogP contribution in [0.3, 0.4) is 0 Å². The number of hydrogen-bond acceptors (Lipinski definition) is 2. The van der Waals surface area contributed by atoms with Crippen molar-refractivity contribution in [3.05, 3.63) is 48.6 Å². The van der Waals surface area contributed by atoms with Crippen molar-refractivity contribution in [1.82, 2.24) is 0 Å². The summed E-state index contributed by atoms with van der Waals surface area (Å²) in [5.74, 6) is 0. The fraction of sp³-hybridized carbons (Fsp3) is 0.500. The highest BCUT2D eigenvalue weighted by Gasteiger charge is 2.23. The molecular formula is C16H25O4P. The number of phosphoric acid groups is 1. The Morgan fingerprint density at radius 3 is 2.33 bits per heavy atom. The predicted octanol–water partition coefficient (Wildman–Crippen LogP) is 4.75. The van der Waals surface area contributed by atoms with Gasteiger partial charge in [0.05, 0.1) is 6.10 Å². The number of phosphoric ester groups is 1. The molecule has 4 nitrogen and oxygen atoms in total. The van der Waals surface area contributed by atoms with Crippen LogP contribution in [0.1, 0.15) is 56.6 Å². The Kier molecular flexibility index (Phi) is 8.55. The molecule has 5 heteroatoms. The summed E-state index contributed by atoms with van der Waals surface area (Å²) in [6.07, 6.45) is 8.46. The van der Waals surface area contributed by atoms with E-state index in [1.165, 1.54) is 6.42 Å². The normalized spacial score (nSPS) is 13.0. The summed E-state index contributed by atoms with van der Waals surface area (Å²) < 4.78 is 16.0. The maximum absolute atomic E-state index is 11.1. The minimum atomic E-state index is -4.47. The van der Waals surface area contributed by atoms with Crippen LogP contribution >= 0.6 is 7.82 Å². The lowest BCUT2D eigenvalue weighted by molar-refractivity contribution is 0.125. The molecule has 0 radical (unpaired) electrons. The average molecular weight is 312 g/mol. The van der Waals surface area contributed by atoms with Crippen LogP contribution in [0.5, 0.6) is 0 Å². The summed E-state index contributed by atoms with van der Waals surface area (Å²) in [4.78, 5) is 18.1. The summed E-state index contributed by atoms with van der Waals surface area (Å²) in [5.41, 5.74) is 0.812. The minimum absolute atomic E-state index is 0.541. The third kappa shape index (κ3) is 8.84. The lowest BCUT2D eigenvalue weighted by Gasteiger charge is -2.18. The van der Waals surface area contributed by atoms with E-state index < -0.39 is 13.9 Å². The van der Waals surface area contributed by atoms with Crippen molar-refractivity contribution in [2.75, 3.05) is 0 Å². The fourth-order valence-corrected chi connectivity index (χ4v) is 2.82. The Balaban J connectivity index is 2.40. The molecule has 0 aliphatic rings.